The summed E-state index contributed by atoms with van der Waals surface area (Å²) < 4.78 is 30.6. The summed E-state index contributed by atoms with van der Waals surface area (Å²) in [5, 5.41) is 0. The zero-order chi connectivity index (χ0) is 19.4. The van der Waals surface area contributed by atoms with Gasteiger partial charge in [0.15, 0.2) is 0 Å². The van der Waals surface area contributed by atoms with Crippen molar-refractivity contribution in [1.82, 2.24) is 0 Å². The van der Waals surface area contributed by atoms with E-state index in [9.17, 15) is 14.0 Å². The Hall–Kier alpha value is -2.15. The van der Waals surface area contributed by atoms with Crippen molar-refractivity contribution in [2.24, 2.45) is 5.92 Å². The minimum Gasteiger partial charge on any atom is -0.466 e. The van der Waals surface area contributed by atoms with Crippen LogP contribution in [0.25, 0.3) is 0 Å². The number of halogens is 2. The maximum absolute atomic E-state index is 14.7. The number of hydrogen-bond donors (Lipinski definition) is 0. The van der Waals surface area contributed by atoms with Gasteiger partial charge in [0.25, 0.3) is 6.01 Å². The first kappa shape index (κ1) is 20.2. The van der Waals surface area contributed by atoms with E-state index in [1.165, 1.54) is 7.11 Å². The van der Waals surface area contributed by atoms with Crippen LogP contribution in [0, 0.1) is 5.92 Å². The average molecular weight is 427 g/mol. The molecule has 26 heavy (non-hydrogen) atoms. The number of rotatable bonds is 5. The summed E-state index contributed by atoms with van der Waals surface area (Å²) in [4.78, 5) is 24.9. The zero-order valence-electron chi connectivity index (χ0n) is 15.0. The van der Waals surface area contributed by atoms with Crippen LogP contribution < -0.4 is 0 Å². The Morgan fingerprint density at radius 3 is 2.31 bits per heavy atom. The molecule has 0 amide bonds. The maximum Gasteiger partial charge on any atom is 0.341 e. The molecule has 1 atom stereocenters. The summed E-state index contributed by atoms with van der Waals surface area (Å²) in [6.07, 6.45) is 0. The van der Waals surface area contributed by atoms with Crippen LogP contribution in [0.1, 0.15) is 32.3 Å². The van der Waals surface area contributed by atoms with E-state index in [1.807, 2.05) is 0 Å². The Balaban J connectivity index is 2.73. The number of carbonyl (C=O) groups is 2. The van der Waals surface area contributed by atoms with Crippen molar-refractivity contribution in [1.29, 1.82) is 0 Å². The first-order valence-corrected chi connectivity index (χ1v) is 8.93. The molecule has 5 nitrogen and oxygen atoms in total. The Morgan fingerprint density at radius 1 is 1.19 bits per heavy atom. The lowest BCUT2D eigenvalue weighted by Gasteiger charge is -2.29. The van der Waals surface area contributed by atoms with Gasteiger partial charge < -0.3 is 14.2 Å². The van der Waals surface area contributed by atoms with E-state index in [-0.39, 0.29) is 29.4 Å². The van der Waals surface area contributed by atoms with Crippen LogP contribution in [-0.2, 0) is 23.8 Å². The summed E-state index contributed by atoms with van der Waals surface area (Å²) in [6, 6.07) is 5.83. The highest BCUT2D eigenvalue weighted by molar-refractivity contribution is 9.10. The predicted molar refractivity (Wildman–Crippen MR) is 96.6 cm³/mol. The molecular weight excluding hydrogens is 407 g/mol. The van der Waals surface area contributed by atoms with Gasteiger partial charge in [-0.2, -0.15) is 4.39 Å². The third-order valence-electron chi connectivity index (χ3n) is 3.88. The molecule has 0 saturated carbocycles. The van der Waals surface area contributed by atoms with Gasteiger partial charge in [-0.05, 0) is 24.6 Å². The second-order valence-corrected chi connectivity index (χ2v) is 6.83. The van der Waals surface area contributed by atoms with Crippen molar-refractivity contribution in [3.05, 3.63) is 57.2 Å². The molecule has 2 rings (SSSR count). The smallest absolute Gasteiger partial charge is 0.341 e. The van der Waals surface area contributed by atoms with Gasteiger partial charge in [-0.1, -0.05) is 41.9 Å². The second kappa shape index (κ2) is 8.49. The van der Waals surface area contributed by atoms with Gasteiger partial charge >= 0.3 is 11.9 Å². The molecule has 0 radical (unpaired) electrons. The Labute approximate surface area is 159 Å². The van der Waals surface area contributed by atoms with Crippen molar-refractivity contribution < 1.29 is 28.2 Å². The zero-order valence-corrected chi connectivity index (χ0v) is 16.6. The molecule has 0 aromatic heterocycles. The van der Waals surface area contributed by atoms with Crippen molar-refractivity contribution in [3.63, 3.8) is 0 Å². The monoisotopic (exact) mass is 426 g/mol. The van der Waals surface area contributed by atoms with Gasteiger partial charge in [-0.25, -0.2) is 9.59 Å². The van der Waals surface area contributed by atoms with E-state index in [2.05, 4.69) is 15.9 Å². The molecule has 1 heterocycles. The topological polar surface area (TPSA) is 61.8 Å². The number of ether oxygens (including phenoxy) is 3. The maximum atomic E-state index is 14.7. The highest BCUT2D eigenvalue weighted by atomic mass is 79.9. The first-order valence-electron chi connectivity index (χ1n) is 8.14. The van der Waals surface area contributed by atoms with Crippen LogP contribution in [0.15, 0.2) is 51.7 Å². The minimum absolute atomic E-state index is 0.0664. The molecule has 1 aliphatic rings. The van der Waals surface area contributed by atoms with Crippen molar-refractivity contribution in [2.75, 3.05) is 13.7 Å². The van der Waals surface area contributed by atoms with Gasteiger partial charge in [0.1, 0.15) is 11.3 Å². The normalized spacial score (nSPS) is 17.3. The van der Waals surface area contributed by atoms with E-state index in [0.29, 0.717) is 5.56 Å². The molecule has 0 saturated heterocycles. The number of esters is 2. The minimum atomic E-state index is -1.06. The molecule has 0 bridgehead atoms. The number of allylic oxidation sites excluding steroid dienone is 1. The molecule has 1 aliphatic heterocycles. The quantitative estimate of drug-likeness (QED) is 0.653. The van der Waals surface area contributed by atoms with E-state index in [0.717, 1.165) is 4.47 Å². The van der Waals surface area contributed by atoms with Crippen LogP contribution >= 0.6 is 15.9 Å². The Kier molecular flexibility index (Phi) is 6.58. The SMILES string of the molecule is CCOC(=O)C1=C(F)OC(C(C)C)=C(C(=O)OC)C1c1ccc(Br)cc1. The molecule has 1 unspecified atom stereocenters. The Morgan fingerprint density at radius 2 is 1.81 bits per heavy atom. The third kappa shape index (κ3) is 3.98. The van der Waals surface area contributed by atoms with Gasteiger partial charge in [0.05, 0.1) is 25.2 Å². The lowest BCUT2D eigenvalue weighted by molar-refractivity contribution is -0.139. The van der Waals surface area contributed by atoms with Crippen LogP contribution in [0.2, 0.25) is 0 Å². The van der Waals surface area contributed by atoms with Gasteiger partial charge in [-0.3, -0.25) is 0 Å². The second-order valence-electron chi connectivity index (χ2n) is 5.92. The molecule has 0 fully saturated rings. The van der Waals surface area contributed by atoms with E-state index < -0.39 is 23.9 Å². The van der Waals surface area contributed by atoms with Crippen LogP contribution in [0.5, 0.6) is 0 Å². The fraction of sp³-hybridized carbons (Fsp3) is 0.368. The summed E-state index contributed by atoms with van der Waals surface area (Å²) in [7, 11) is 1.23. The van der Waals surface area contributed by atoms with Crippen LogP contribution in [0.4, 0.5) is 4.39 Å². The highest BCUT2D eigenvalue weighted by Gasteiger charge is 2.42. The number of hydrogen-bond acceptors (Lipinski definition) is 5. The summed E-state index contributed by atoms with van der Waals surface area (Å²) in [6.45, 7) is 5.21. The van der Waals surface area contributed by atoms with Crippen LogP contribution in [-0.4, -0.2) is 25.7 Å². The lowest BCUT2D eigenvalue weighted by Crippen LogP contribution is -2.28. The highest BCUT2D eigenvalue weighted by Crippen LogP contribution is 2.44. The largest absolute Gasteiger partial charge is 0.466 e. The van der Waals surface area contributed by atoms with Crippen molar-refractivity contribution in [2.45, 2.75) is 26.7 Å². The summed E-state index contributed by atoms with van der Waals surface area (Å²) in [5.74, 6) is -2.70. The molecule has 1 aromatic carbocycles. The fourth-order valence-corrected chi connectivity index (χ4v) is 3.02. The number of methoxy groups -OCH3 is 1. The Bertz CT molecular complexity index is 765. The lowest BCUT2D eigenvalue weighted by atomic mass is 9.81. The van der Waals surface area contributed by atoms with Crippen LogP contribution in [0.3, 0.4) is 0 Å². The molecule has 0 N–H and O–H groups in total. The van der Waals surface area contributed by atoms with E-state index in [4.69, 9.17) is 14.2 Å². The van der Waals surface area contributed by atoms with Gasteiger partial charge in [-0.15, -0.1) is 0 Å². The molecular formula is C19H20BrFO5. The molecule has 1 aromatic rings. The standard InChI is InChI=1S/C19H20BrFO5/c1-5-25-19(23)15-13(11-6-8-12(20)9-7-11)14(18(22)24-4)16(10(2)3)26-17(15)21/h6-10,13H,5H2,1-4H3. The molecule has 140 valence electrons. The predicted octanol–water partition coefficient (Wildman–Crippen LogP) is 4.39. The summed E-state index contributed by atoms with van der Waals surface area (Å²) >= 11 is 3.34. The molecule has 7 heteroatoms. The fourth-order valence-electron chi connectivity index (χ4n) is 2.76. The van der Waals surface area contributed by atoms with E-state index in [1.54, 1.807) is 45.0 Å². The third-order valence-corrected chi connectivity index (χ3v) is 4.41. The van der Waals surface area contributed by atoms with E-state index >= 15 is 0 Å². The first-order chi connectivity index (χ1) is 12.3. The van der Waals surface area contributed by atoms with Gasteiger partial charge in [0, 0.05) is 10.4 Å². The van der Waals surface area contributed by atoms with Crippen molar-refractivity contribution >= 4 is 27.9 Å². The summed E-state index contributed by atoms with van der Waals surface area (Å²) in [5.41, 5.74) is 0.293. The molecule has 0 spiro atoms. The number of benzene rings is 1. The van der Waals surface area contributed by atoms with Crippen molar-refractivity contribution in [3.8, 4) is 0 Å². The van der Waals surface area contributed by atoms with Gasteiger partial charge in [0.2, 0.25) is 0 Å². The molecule has 0 aliphatic carbocycles. The average Bonchev–Trinajstić information content (AvgIpc) is 2.60. The number of carbonyl (C=O) groups excluding carboxylic acids is 2.